The van der Waals surface area contributed by atoms with E-state index in [0.29, 0.717) is 5.92 Å². The second-order valence-electron chi connectivity index (χ2n) is 4.03. The highest BCUT2D eigenvalue weighted by atomic mass is 16.5. The maximum atomic E-state index is 9.96. The average molecular weight is 171 g/mol. The van der Waals surface area contributed by atoms with E-state index >= 15 is 0 Å². The standard InChI is InChI=1S/C9H17NO2/c1-10-6-7-4-3-5-9(10,12-2)8(7)11/h7-8,11H,3-6H2,1-2H3. The zero-order valence-electron chi connectivity index (χ0n) is 7.79. The normalized spacial score (nSPS) is 48.2. The van der Waals surface area contributed by atoms with Gasteiger partial charge in [-0.1, -0.05) is 0 Å². The molecular weight excluding hydrogens is 154 g/mol. The summed E-state index contributed by atoms with van der Waals surface area (Å²) in [5.41, 5.74) is -0.358. The molecule has 0 aromatic rings. The molecule has 0 amide bonds. The van der Waals surface area contributed by atoms with Gasteiger partial charge in [0.1, 0.15) is 11.8 Å². The van der Waals surface area contributed by atoms with E-state index in [9.17, 15) is 5.11 Å². The summed E-state index contributed by atoms with van der Waals surface area (Å²) in [7, 11) is 3.74. The van der Waals surface area contributed by atoms with E-state index in [-0.39, 0.29) is 11.8 Å². The van der Waals surface area contributed by atoms with Gasteiger partial charge in [0.2, 0.25) is 0 Å². The predicted octanol–water partition coefficient (Wildman–Crippen LogP) is 0.435. The summed E-state index contributed by atoms with van der Waals surface area (Å²) in [5, 5.41) is 9.96. The van der Waals surface area contributed by atoms with Crippen molar-refractivity contribution in [1.29, 1.82) is 0 Å². The summed E-state index contributed by atoms with van der Waals surface area (Å²) in [5.74, 6) is 0.434. The number of rotatable bonds is 1. The van der Waals surface area contributed by atoms with Crippen LogP contribution in [0.15, 0.2) is 0 Å². The van der Waals surface area contributed by atoms with E-state index in [0.717, 1.165) is 19.4 Å². The van der Waals surface area contributed by atoms with Crippen molar-refractivity contribution in [3.8, 4) is 0 Å². The molecule has 2 rings (SSSR count). The molecule has 3 nitrogen and oxygen atoms in total. The van der Waals surface area contributed by atoms with Crippen LogP contribution in [0.4, 0.5) is 0 Å². The van der Waals surface area contributed by atoms with Crippen LogP contribution in [-0.2, 0) is 4.74 Å². The molecule has 1 heterocycles. The van der Waals surface area contributed by atoms with Crippen LogP contribution < -0.4 is 0 Å². The number of methoxy groups -OCH3 is 1. The van der Waals surface area contributed by atoms with E-state index in [1.807, 2.05) is 7.05 Å². The van der Waals surface area contributed by atoms with Gasteiger partial charge in [0.05, 0.1) is 0 Å². The monoisotopic (exact) mass is 171 g/mol. The Morgan fingerprint density at radius 2 is 2.33 bits per heavy atom. The van der Waals surface area contributed by atoms with Gasteiger partial charge in [-0.05, 0) is 26.3 Å². The molecular formula is C9H17NO2. The van der Waals surface area contributed by atoms with Gasteiger partial charge in [-0.15, -0.1) is 0 Å². The number of aliphatic hydroxyl groups is 1. The Morgan fingerprint density at radius 3 is 2.92 bits per heavy atom. The van der Waals surface area contributed by atoms with Gasteiger partial charge < -0.3 is 9.84 Å². The molecule has 1 saturated carbocycles. The molecule has 3 atom stereocenters. The Labute approximate surface area is 73.3 Å². The number of likely N-dealkylation sites (tertiary alicyclic amines) is 1. The molecule has 1 aliphatic heterocycles. The lowest BCUT2D eigenvalue weighted by Gasteiger charge is -2.39. The Balaban J connectivity index is 2.27. The molecule has 0 radical (unpaired) electrons. The molecule has 2 aliphatic rings. The summed E-state index contributed by atoms with van der Waals surface area (Å²) in [4.78, 5) is 2.16. The number of ether oxygens (including phenoxy) is 1. The van der Waals surface area contributed by atoms with Crippen LogP contribution in [0.2, 0.25) is 0 Å². The lowest BCUT2D eigenvalue weighted by atomic mass is 9.85. The first kappa shape index (κ1) is 8.48. The van der Waals surface area contributed by atoms with Crippen LogP contribution in [0.1, 0.15) is 19.3 Å². The van der Waals surface area contributed by atoms with Crippen LogP contribution in [0.3, 0.4) is 0 Å². The molecule has 0 aromatic heterocycles. The third-order valence-corrected chi connectivity index (χ3v) is 3.53. The topological polar surface area (TPSA) is 32.7 Å². The smallest absolute Gasteiger partial charge is 0.147 e. The summed E-state index contributed by atoms with van der Waals surface area (Å²) < 4.78 is 5.47. The van der Waals surface area contributed by atoms with E-state index in [1.165, 1.54) is 6.42 Å². The van der Waals surface area contributed by atoms with Crippen LogP contribution >= 0.6 is 0 Å². The Morgan fingerprint density at radius 1 is 1.58 bits per heavy atom. The fourth-order valence-corrected chi connectivity index (χ4v) is 2.78. The second kappa shape index (κ2) is 2.69. The molecule has 3 unspecified atom stereocenters. The van der Waals surface area contributed by atoms with Gasteiger partial charge in [-0.3, -0.25) is 4.90 Å². The van der Waals surface area contributed by atoms with Gasteiger partial charge in [-0.2, -0.15) is 0 Å². The molecule has 1 N–H and O–H groups in total. The van der Waals surface area contributed by atoms with Crippen molar-refractivity contribution in [3.63, 3.8) is 0 Å². The van der Waals surface area contributed by atoms with Crippen molar-refractivity contribution in [2.24, 2.45) is 5.92 Å². The predicted molar refractivity (Wildman–Crippen MR) is 45.7 cm³/mol. The van der Waals surface area contributed by atoms with Crippen molar-refractivity contribution in [1.82, 2.24) is 4.90 Å². The summed E-state index contributed by atoms with van der Waals surface area (Å²) in [6, 6.07) is 0. The van der Waals surface area contributed by atoms with Crippen molar-refractivity contribution in [2.45, 2.75) is 31.1 Å². The minimum Gasteiger partial charge on any atom is -0.388 e. The number of aliphatic hydroxyl groups excluding tert-OH is 1. The zero-order valence-corrected chi connectivity index (χ0v) is 7.79. The van der Waals surface area contributed by atoms with Gasteiger partial charge in [0, 0.05) is 19.6 Å². The van der Waals surface area contributed by atoms with Crippen molar-refractivity contribution < 1.29 is 9.84 Å². The zero-order chi connectivity index (χ0) is 8.77. The molecule has 1 aliphatic carbocycles. The van der Waals surface area contributed by atoms with Crippen LogP contribution in [0, 0.1) is 5.92 Å². The number of hydrogen-bond acceptors (Lipinski definition) is 3. The maximum absolute atomic E-state index is 9.96. The van der Waals surface area contributed by atoms with Crippen molar-refractivity contribution >= 4 is 0 Å². The maximum Gasteiger partial charge on any atom is 0.147 e. The molecule has 0 aromatic carbocycles. The minimum atomic E-state index is -0.358. The minimum absolute atomic E-state index is 0.277. The van der Waals surface area contributed by atoms with E-state index in [2.05, 4.69) is 4.90 Å². The van der Waals surface area contributed by atoms with Gasteiger partial charge in [-0.25, -0.2) is 0 Å². The fourth-order valence-electron chi connectivity index (χ4n) is 2.78. The molecule has 2 bridgehead atoms. The van der Waals surface area contributed by atoms with Crippen molar-refractivity contribution in [3.05, 3.63) is 0 Å². The highest BCUT2D eigenvalue weighted by Gasteiger charge is 2.54. The first-order chi connectivity index (χ1) is 5.70. The first-order valence-electron chi connectivity index (χ1n) is 4.65. The second-order valence-corrected chi connectivity index (χ2v) is 4.03. The number of hydrogen-bond donors (Lipinski definition) is 1. The van der Waals surface area contributed by atoms with E-state index < -0.39 is 0 Å². The Hall–Kier alpha value is -0.120. The number of nitrogens with zero attached hydrogens (tertiary/aromatic N) is 1. The van der Waals surface area contributed by atoms with Crippen LogP contribution in [-0.4, -0.2) is 42.5 Å². The lowest BCUT2D eigenvalue weighted by Crippen LogP contribution is -2.52. The lowest BCUT2D eigenvalue weighted by molar-refractivity contribution is -0.174. The quantitative estimate of drug-likeness (QED) is 0.621. The number of likely N-dealkylation sites (N-methyl/N-ethyl adjacent to an activating group) is 1. The summed E-state index contributed by atoms with van der Waals surface area (Å²) in [6.07, 6.45) is 3.02. The summed E-state index contributed by atoms with van der Waals surface area (Å²) >= 11 is 0. The van der Waals surface area contributed by atoms with Gasteiger partial charge >= 0.3 is 0 Å². The first-order valence-corrected chi connectivity index (χ1v) is 4.65. The van der Waals surface area contributed by atoms with Crippen LogP contribution in [0.25, 0.3) is 0 Å². The molecule has 1 saturated heterocycles. The molecule has 12 heavy (non-hydrogen) atoms. The molecule has 2 fully saturated rings. The van der Waals surface area contributed by atoms with Crippen molar-refractivity contribution in [2.75, 3.05) is 20.7 Å². The molecule has 3 heteroatoms. The number of fused-ring (bicyclic) bond motifs is 2. The van der Waals surface area contributed by atoms with E-state index in [4.69, 9.17) is 4.74 Å². The largest absolute Gasteiger partial charge is 0.388 e. The molecule has 0 spiro atoms. The Kier molecular flexibility index (Phi) is 1.90. The SMILES string of the molecule is COC12CCCC(CN1C)C2O. The highest BCUT2D eigenvalue weighted by Crippen LogP contribution is 2.43. The van der Waals surface area contributed by atoms with Gasteiger partial charge in [0.15, 0.2) is 0 Å². The average Bonchev–Trinajstić information content (AvgIpc) is 2.23. The Bertz CT molecular complexity index is 185. The van der Waals surface area contributed by atoms with Gasteiger partial charge in [0.25, 0.3) is 0 Å². The summed E-state index contributed by atoms with van der Waals surface area (Å²) in [6.45, 7) is 0.981. The van der Waals surface area contributed by atoms with E-state index in [1.54, 1.807) is 7.11 Å². The third kappa shape index (κ3) is 0.873. The highest BCUT2D eigenvalue weighted by molar-refractivity contribution is 5.01. The fraction of sp³-hybridized carbons (Fsp3) is 1.00. The van der Waals surface area contributed by atoms with Crippen LogP contribution in [0.5, 0.6) is 0 Å². The third-order valence-electron chi connectivity index (χ3n) is 3.53. The molecule has 70 valence electrons.